The average Bonchev–Trinajstić information content (AvgIpc) is 2.06. The van der Waals surface area contributed by atoms with Gasteiger partial charge in [-0.15, -0.1) is 6.58 Å². The minimum atomic E-state index is 0.444. The molecule has 0 bridgehead atoms. The zero-order chi connectivity index (χ0) is 9.03. The Hall–Kier alpha value is -0.300. The molecule has 0 aromatic heterocycles. The minimum absolute atomic E-state index is 0.444. The van der Waals surface area contributed by atoms with Gasteiger partial charge in [0.2, 0.25) is 0 Å². The van der Waals surface area contributed by atoms with Gasteiger partial charge in [0.1, 0.15) is 0 Å². The van der Waals surface area contributed by atoms with E-state index in [9.17, 15) is 0 Å². The van der Waals surface area contributed by atoms with E-state index in [4.69, 9.17) is 0 Å². The van der Waals surface area contributed by atoms with Crippen LogP contribution < -0.4 is 0 Å². The topological polar surface area (TPSA) is 3.24 Å². The van der Waals surface area contributed by atoms with Gasteiger partial charge in [-0.3, -0.25) is 0 Å². The third kappa shape index (κ3) is 1.89. The minimum Gasteiger partial charge on any atom is -0.303 e. The summed E-state index contributed by atoms with van der Waals surface area (Å²) in [6, 6.07) is 0. The summed E-state index contributed by atoms with van der Waals surface area (Å²) < 4.78 is 0. The highest BCUT2D eigenvalue weighted by Gasteiger charge is 2.32. The first-order valence-electron chi connectivity index (χ1n) is 5.00. The van der Waals surface area contributed by atoms with Crippen LogP contribution in [0.4, 0.5) is 0 Å². The summed E-state index contributed by atoms with van der Waals surface area (Å²) in [5.74, 6) is 0. The largest absolute Gasteiger partial charge is 0.303 e. The molecule has 0 saturated heterocycles. The molecule has 0 aromatic rings. The monoisotopic (exact) mass is 167 g/mol. The van der Waals surface area contributed by atoms with Crippen molar-refractivity contribution in [1.29, 1.82) is 0 Å². The number of hydrogen-bond acceptors (Lipinski definition) is 1. The van der Waals surface area contributed by atoms with Gasteiger partial charge in [-0.2, -0.15) is 0 Å². The normalized spacial score (nSPS) is 22.6. The highest BCUT2D eigenvalue weighted by molar-refractivity contribution is 4.95. The molecule has 1 heteroatoms. The molecule has 1 aliphatic carbocycles. The molecule has 1 nitrogen and oxygen atoms in total. The van der Waals surface area contributed by atoms with Crippen LogP contribution in [0.3, 0.4) is 0 Å². The maximum atomic E-state index is 3.86. The van der Waals surface area contributed by atoms with Crippen molar-refractivity contribution in [3.8, 4) is 0 Å². The zero-order valence-electron chi connectivity index (χ0n) is 8.47. The fourth-order valence-corrected chi connectivity index (χ4v) is 2.31. The van der Waals surface area contributed by atoms with Gasteiger partial charge in [-0.05, 0) is 33.4 Å². The Labute approximate surface area is 76.5 Å². The molecule has 12 heavy (non-hydrogen) atoms. The molecule has 1 fully saturated rings. The van der Waals surface area contributed by atoms with Gasteiger partial charge in [0.15, 0.2) is 0 Å². The van der Waals surface area contributed by atoms with Gasteiger partial charge in [-0.1, -0.05) is 25.3 Å². The second-order valence-corrected chi connectivity index (χ2v) is 4.17. The van der Waals surface area contributed by atoms with E-state index in [-0.39, 0.29) is 0 Å². The summed E-state index contributed by atoms with van der Waals surface area (Å²) in [7, 11) is 4.41. The summed E-state index contributed by atoms with van der Waals surface area (Å²) >= 11 is 0. The molecule has 0 N–H and O–H groups in total. The summed E-state index contributed by atoms with van der Waals surface area (Å²) in [5.41, 5.74) is 0.444. The first kappa shape index (κ1) is 9.79. The van der Waals surface area contributed by atoms with E-state index < -0.39 is 0 Å². The van der Waals surface area contributed by atoms with Gasteiger partial charge in [0.25, 0.3) is 0 Å². The molecule has 0 radical (unpaired) electrons. The standard InChI is InChI=1S/C11H21N/c1-4-8-11(12(2)3)9-6-5-7-10-11/h4H,1,5-10H2,2-3H3. The van der Waals surface area contributed by atoms with Crippen molar-refractivity contribution < 1.29 is 0 Å². The average molecular weight is 167 g/mol. The maximum absolute atomic E-state index is 3.86. The Morgan fingerprint density at radius 1 is 1.25 bits per heavy atom. The summed E-state index contributed by atoms with van der Waals surface area (Å²) in [4.78, 5) is 2.40. The second-order valence-electron chi connectivity index (χ2n) is 4.17. The zero-order valence-corrected chi connectivity index (χ0v) is 8.47. The van der Waals surface area contributed by atoms with E-state index in [2.05, 4.69) is 31.7 Å². The highest BCUT2D eigenvalue weighted by atomic mass is 15.1. The smallest absolute Gasteiger partial charge is 0.0237 e. The molecule has 0 unspecified atom stereocenters. The molecule has 1 saturated carbocycles. The third-order valence-corrected chi connectivity index (χ3v) is 3.26. The molecule has 0 atom stereocenters. The molecular weight excluding hydrogens is 146 g/mol. The Morgan fingerprint density at radius 3 is 2.25 bits per heavy atom. The predicted octanol–water partition coefficient (Wildman–Crippen LogP) is 2.83. The van der Waals surface area contributed by atoms with Crippen LogP contribution in [0.5, 0.6) is 0 Å². The quantitative estimate of drug-likeness (QED) is 0.584. The van der Waals surface area contributed by atoms with Crippen molar-refractivity contribution in [2.75, 3.05) is 14.1 Å². The Kier molecular flexibility index (Phi) is 3.33. The van der Waals surface area contributed by atoms with Crippen LogP contribution in [-0.4, -0.2) is 24.5 Å². The molecule has 0 aliphatic heterocycles. The number of nitrogens with zero attached hydrogens (tertiary/aromatic N) is 1. The first-order chi connectivity index (χ1) is 5.71. The molecule has 0 spiro atoms. The van der Waals surface area contributed by atoms with Gasteiger partial charge in [0, 0.05) is 5.54 Å². The molecule has 70 valence electrons. The van der Waals surface area contributed by atoms with Crippen LogP contribution in [0.1, 0.15) is 38.5 Å². The lowest BCUT2D eigenvalue weighted by atomic mass is 9.78. The van der Waals surface area contributed by atoms with Crippen LogP contribution in [-0.2, 0) is 0 Å². The first-order valence-corrected chi connectivity index (χ1v) is 5.00. The van der Waals surface area contributed by atoms with E-state index in [0.29, 0.717) is 5.54 Å². The molecule has 1 rings (SSSR count). The molecule has 0 heterocycles. The van der Waals surface area contributed by atoms with Gasteiger partial charge < -0.3 is 4.90 Å². The third-order valence-electron chi connectivity index (χ3n) is 3.26. The Morgan fingerprint density at radius 2 is 1.83 bits per heavy atom. The molecule has 0 aromatic carbocycles. The van der Waals surface area contributed by atoms with Crippen molar-refractivity contribution in [2.24, 2.45) is 0 Å². The fourth-order valence-electron chi connectivity index (χ4n) is 2.31. The molecule has 0 amide bonds. The summed E-state index contributed by atoms with van der Waals surface area (Å²) in [5, 5.41) is 0. The lowest BCUT2D eigenvalue weighted by molar-refractivity contribution is 0.103. The predicted molar refractivity (Wildman–Crippen MR) is 54.3 cm³/mol. The van der Waals surface area contributed by atoms with Crippen molar-refractivity contribution in [2.45, 2.75) is 44.1 Å². The Balaban J connectivity index is 2.62. The van der Waals surface area contributed by atoms with E-state index in [1.165, 1.54) is 32.1 Å². The van der Waals surface area contributed by atoms with Crippen molar-refractivity contribution in [3.63, 3.8) is 0 Å². The van der Waals surface area contributed by atoms with E-state index in [1.54, 1.807) is 0 Å². The van der Waals surface area contributed by atoms with Crippen molar-refractivity contribution in [1.82, 2.24) is 4.90 Å². The number of rotatable bonds is 3. The maximum Gasteiger partial charge on any atom is 0.0237 e. The van der Waals surface area contributed by atoms with Crippen molar-refractivity contribution >= 4 is 0 Å². The van der Waals surface area contributed by atoms with Crippen LogP contribution >= 0.6 is 0 Å². The SMILES string of the molecule is C=CCC1(N(C)C)CCCCC1. The fraction of sp³-hybridized carbons (Fsp3) is 0.818. The van der Waals surface area contributed by atoms with Crippen LogP contribution in [0, 0.1) is 0 Å². The van der Waals surface area contributed by atoms with Crippen LogP contribution in [0.25, 0.3) is 0 Å². The summed E-state index contributed by atoms with van der Waals surface area (Å²) in [6.07, 6.45) is 10.1. The van der Waals surface area contributed by atoms with Gasteiger partial charge in [-0.25, -0.2) is 0 Å². The Bertz CT molecular complexity index is 143. The van der Waals surface area contributed by atoms with E-state index >= 15 is 0 Å². The van der Waals surface area contributed by atoms with E-state index in [0.717, 1.165) is 6.42 Å². The van der Waals surface area contributed by atoms with Gasteiger partial charge in [0.05, 0.1) is 0 Å². The summed E-state index contributed by atoms with van der Waals surface area (Å²) in [6.45, 7) is 3.86. The lowest BCUT2D eigenvalue weighted by Gasteiger charge is -2.42. The molecular formula is C11H21N. The molecule has 1 aliphatic rings. The van der Waals surface area contributed by atoms with Crippen LogP contribution in [0.15, 0.2) is 12.7 Å². The second kappa shape index (κ2) is 4.08. The van der Waals surface area contributed by atoms with Crippen LogP contribution in [0.2, 0.25) is 0 Å². The lowest BCUT2D eigenvalue weighted by Crippen LogP contribution is -2.45. The van der Waals surface area contributed by atoms with Crippen molar-refractivity contribution in [3.05, 3.63) is 12.7 Å². The van der Waals surface area contributed by atoms with E-state index in [1.807, 2.05) is 0 Å². The number of hydrogen-bond donors (Lipinski definition) is 0. The highest BCUT2D eigenvalue weighted by Crippen LogP contribution is 2.34. The van der Waals surface area contributed by atoms with Gasteiger partial charge >= 0.3 is 0 Å².